The predicted octanol–water partition coefficient (Wildman–Crippen LogP) is 2.91. The largest absolute Gasteiger partial charge is 0.454 e. The Labute approximate surface area is 195 Å². The number of ether oxygens (including phenoxy) is 1. The summed E-state index contributed by atoms with van der Waals surface area (Å²) in [6.07, 6.45) is 2.83. The fourth-order valence-corrected chi connectivity index (χ4v) is 5.28. The van der Waals surface area contributed by atoms with Gasteiger partial charge in [0.15, 0.2) is 5.82 Å². The van der Waals surface area contributed by atoms with Crippen LogP contribution in [-0.2, 0) is 10.3 Å². The van der Waals surface area contributed by atoms with Gasteiger partial charge in [0.1, 0.15) is 5.75 Å². The summed E-state index contributed by atoms with van der Waals surface area (Å²) in [5.41, 5.74) is 7.93. The molecule has 3 aromatic rings. The number of aromatic amines is 1. The van der Waals surface area contributed by atoms with Gasteiger partial charge >= 0.3 is 0 Å². The van der Waals surface area contributed by atoms with E-state index in [1.54, 1.807) is 24.3 Å². The van der Waals surface area contributed by atoms with Crippen LogP contribution in [0.2, 0.25) is 0 Å². The number of fused-ring (bicyclic) bond motifs is 6. The lowest BCUT2D eigenvalue weighted by Crippen LogP contribution is -2.62. The molecule has 8 heteroatoms. The summed E-state index contributed by atoms with van der Waals surface area (Å²) in [5.74, 6) is -2.64. The molecule has 1 aromatic heterocycles. The molecule has 2 aliphatic carbocycles. The SMILES string of the molecule is CC(C)c1ccc2c(c1)OC1(O)C3=CCCC(N)=C3C(=O)C21NC(=O)c1nc2ccccc2[nH]1. The summed E-state index contributed by atoms with van der Waals surface area (Å²) in [6.45, 7) is 4.09. The molecule has 2 unspecified atom stereocenters. The summed E-state index contributed by atoms with van der Waals surface area (Å²) in [6, 6.07) is 12.7. The molecule has 8 nitrogen and oxygen atoms in total. The van der Waals surface area contributed by atoms with E-state index in [0.29, 0.717) is 46.5 Å². The quantitative estimate of drug-likeness (QED) is 0.479. The number of carbonyl (C=O) groups is 2. The summed E-state index contributed by atoms with van der Waals surface area (Å²) >= 11 is 0. The molecule has 172 valence electrons. The van der Waals surface area contributed by atoms with E-state index in [9.17, 15) is 14.7 Å². The van der Waals surface area contributed by atoms with E-state index in [4.69, 9.17) is 10.5 Å². The van der Waals surface area contributed by atoms with Crippen LogP contribution in [0.5, 0.6) is 5.75 Å². The van der Waals surface area contributed by atoms with Crippen molar-refractivity contribution < 1.29 is 19.4 Å². The van der Waals surface area contributed by atoms with E-state index in [1.807, 2.05) is 38.1 Å². The Bertz CT molecular complexity index is 1430. The van der Waals surface area contributed by atoms with Gasteiger partial charge < -0.3 is 25.9 Å². The highest BCUT2D eigenvalue weighted by Gasteiger charge is 2.74. The van der Waals surface area contributed by atoms with Crippen molar-refractivity contribution >= 4 is 22.7 Å². The van der Waals surface area contributed by atoms with Gasteiger partial charge in [0.2, 0.25) is 11.3 Å². The van der Waals surface area contributed by atoms with Gasteiger partial charge in [0.05, 0.1) is 11.0 Å². The van der Waals surface area contributed by atoms with Crippen molar-refractivity contribution in [1.29, 1.82) is 0 Å². The minimum Gasteiger partial charge on any atom is -0.454 e. The number of ketones is 1. The number of amides is 1. The Morgan fingerprint density at radius 2 is 2.06 bits per heavy atom. The minimum atomic E-state index is -2.12. The summed E-state index contributed by atoms with van der Waals surface area (Å²) in [4.78, 5) is 34.8. The van der Waals surface area contributed by atoms with Crippen LogP contribution in [0, 0.1) is 0 Å². The van der Waals surface area contributed by atoms with Crippen molar-refractivity contribution in [2.75, 3.05) is 0 Å². The van der Waals surface area contributed by atoms with Crippen LogP contribution >= 0.6 is 0 Å². The lowest BCUT2D eigenvalue weighted by Gasteiger charge is -2.33. The Morgan fingerprint density at radius 3 is 2.82 bits per heavy atom. The topological polar surface area (TPSA) is 130 Å². The number of H-pyrrole nitrogens is 1. The maximum Gasteiger partial charge on any atom is 0.288 e. The highest BCUT2D eigenvalue weighted by Crippen LogP contribution is 2.59. The molecule has 0 saturated heterocycles. The number of imidazole rings is 1. The molecule has 1 fully saturated rings. The zero-order valence-electron chi connectivity index (χ0n) is 18.8. The molecule has 0 radical (unpaired) electrons. The number of aliphatic hydroxyl groups is 1. The fraction of sp³-hybridized carbons (Fsp3) is 0.269. The van der Waals surface area contributed by atoms with Gasteiger partial charge in [-0.15, -0.1) is 0 Å². The molecular weight excluding hydrogens is 432 g/mol. The number of nitrogens with two attached hydrogens (primary N) is 1. The molecule has 2 aromatic carbocycles. The number of allylic oxidation sites excluding steroid dienone is 2. The van der Waals surface area contributed by atoms with E-state index in [2.05, 4.69) is 15.3 Å². The van der Waals surface area contributed by atoms with Gasteiger partial charge in [0, 0.05) is 22.4 Å². The molecule has 5 N–H and O–H groups in total. The van der Waals surface area contributed by atoms with Crippen molar-refractivity contribution in [3.05, 3.63) is 82.3 Å². The lowest BCUT2D eigenvalue weighted by atomic mass is 9.83. The molecule has 2 atom stereocenters. The lowest BCUT2D eigenvalue weighted by molar-refractivity contribution is -0.152. The van der Waals surface area contributed by atoms with Gasteiger partial charge in [0.25, 0.3) is 11.7 Å². The van der Waals surface area contributed by atoms with Crippen LogP contribution < -0.4 is 15.8 Å². The normalized spacial score (nSPS) is 25.2. The molecular formula is C26H24N4O4. The average Bonchev–Trinajstić information content (AvgIpc) is 3.41. The van der Waals surface area contributed by atoms with Gasteiger partial charge in [-0.3, -0.25) is 9.59 Å². The zero-order chi connectivity index (χ0) is 23.8. The number of carbonyl (C=O) groups excluding carboxylic acids is 2. The second-order valence-corrected chi connectivity index (χ2v) is 9.35. The maximum absolute atomic E-state index is 14.0. The van der Waals surface area contributed by atoms with Crippen LogP contribution in [0.15, 0.2) is 65.4 Å². The molecule has 0 spiro atoms. The van der Waals surface area contributed by atoms with Crippen molar-refractivity contribution in [3.63, 3.8) is 0 Å². The van der Waals surface area contributed by atoms with E-state index in [-0.39, 0.29) is 17.3 Å². The van der Waals surface area contributed by atoms with Crippen LogP contribution in [0.25, 0.3) is 11.0 Å². The Hall–Kier alpha value is -3.91. The number of nitrogens with zero attached hydrogens (tertiary/aromatic N) is 1. The first-order valence-corrected chi connectivity index (χ1v) is 11.3. The first kappa shape index (κ1) is 20.7. The highest BCUT2D eigenvalue weighted by molar-refractivity contribution is 6.16. The number of aromatic nitrogens is 2. The van der Waals surface area contributed by atoms with E-state index >= 15 is 0 Å². The molecule has 1 saturated carbocycles. The van der Waals surface area contributed by atoms with Crippen LogP contribution in [0.4, 0.5) is 0 Å². The van der Waals surface area contributed by atoms with Gasteiger partial charge in [-0.25, -0.2) is 4.98 Å². The first-order chi connectivity index (χ1) is 16.3. The Morgan fingerprint density at radius 1 is 1.26 bits per heavy atom. The molecule has 1 amide bonds. The van der Waals surface area contributed by atoms with Crippen molar-refractivity contribution in [3.8, 4) is 5.75 Å². The molecule has 3 aliphatic rings. The van der Waals surface area contributed by atoms with Gasteiger partial charge in [-0.1, -0.05) is 44.2 Å². The number of hydrogen-bond acceptors (Lipinski definition) is 6. The number of hydrogen-bond donors (Lipinski definition) is 4. The standard InChI is InChI=1S/C26H24N4O4/c1-13(2)14-10-11-15-20(12-14)34-26(33)16-6-5-7-17(27)21(16)22(31)25(15,26)30-24(32)23-28-18-8-3-4-9-19(18)29-23/h3-4,6,8-13,33H,5,7,27H2,1-2H3,(H,28,29)(H,30,32). The molecule has 1 aliphatic heterocycles. The number of para-hydroxylation sites is 2. The number of rotatable bonds is 3. The van der Waals surface area contributed by atoms with E-state index in [0.717, 1.165) is 5.56 Å². The molecule has 34 heavy (non-hydrogen) atoms. The van der Waals surface area contributed by atoms with Crippen molar-refractivity contribution in [1.82, 2.24) is 15.3 Å². The number of nitrogens with one attached hydrogen (secondary N) is 2. The zero-order valence-corrected chi connectivity index (χ0v) is 18.8. The summed E-state index contributed by atoms with van der Waals surface area (Å²) in [7, 11) is 0. The summed E-state index contributed by atoms with van der Waals surface area (Å²) in [5, 5.41) is 14.8. The van der Waals surface area contributed by atoms with E-state index < -0.39 is 23.0 Å². The van der Waals surface area contributed by atoms with Crippen molar-refractivity contribution in [2.45, 2.75) is 43.9 Å². The number of Topliss-reactive ketones (excluding diaryl/α,β-unsaturated/α-hetero) is 1. The maximum atomic E-state index is 14.0. The third kappa shape index (κ3) is 2.48. The van der Waals surface area contributed by atoms with E-state index in [1.165, 1.54) is 0 Å². The van der Waals surface area contributed by atoms with Crippen LogP contribution in [-0.4, -0.2) is 32.6 Å². The van der Waals surface area contributed by atoms with Gasteiger partial charge in [-0.2, -0.15) is 0 Å². The monoisotopic (exact) mass is 456 g/mol. The second kappa shape index (κ2) is 6.80. The predicted molar refractivity (Wildman–Crippen MR) is 125 cm³/mol. The smallest absolute Gasteiger partial charge is 0.288 e. The molecule has 2 heterocycles. The third-order valence-corrected chi connectivity index (χ3v) is 7.03. The first-order valence-electron chi connectivity index (χ1n) is 11.3. The Kier molecular flexibility index (Phi) is 4.14. The molecule has 6 rings (SSSR count). The fourth-order valence-electron chi connectivity index (χ4n) is 5.28. The summed E-state index contributed by atoms with van der Waals surface area (Å²) < 4.78 is 6.13. The molecule has 0 bridgehead atoms. The van der Waals surface area contributed by atoms with Crippen LogP contribution in [0.1, 0.15) is 54.4 Å². The van der Waals surface area contributed by atoms with Crippen LogP contribution in [0.3, 0.4) is 0 Å². The number of benzene rings is 2. The second-order valence-electron chi connectivity index (χ2n) is 9.35. The third-order valence-electron chi connectivity index (χ3n) is 7.03. The highest BCUT2D eigenvalue weighted by atomic mass is 16.6. The average molecular weight is 457 g/mol. The van der Waals surface area contributed by atoms with Gasteiger partial charge in [-0.05, 0) is 42.5 Å². The van der Waals surface area contributed by atoms with Crippen molar-refractivity contribution in [2.24, 2.45) is 5.73 Å². The Balaban J connectivity index is 1.54. The minimum absolute atomic E-state index is 0.0313.